The van der Waals surface area contributed by atoms with Crippen LogP contribution in [0.15, 0.2) is 51.0 Å². The molecule has 0 aliphatic heterocycles. The Hall–Kier alpha value is -3.69. The van der Waals surface area contributed by atoms with E-state index in [1.807, 2.05) is 0 Å². The Balaban J connectivity index is 2.08. The van der Waals surface area contributed by atoms with E-state index in [-0.39, 0.29) is 5.56 Å². The highest BCUT2D eigenvalue weighted by molar-refractivity contribution is 5.88. The van der Waals surface area contributed by atoms with E-state index < -0.39 is 17.0 Å². The molecule has 0 unspecified atom stereocenters. The molecule has 1 aromatic carbocycles. The molecule has 23 heavy (non-hydrogen) atoms. The van der Waals surface area contributed by atoms with Gasteiger partial charge in [-0.05, 0) is 24.3 Å². The number of nitrogens with one attached hydrogen (secondary N) is 1. The summed E-state index contributed by atoms with van der Waals surface area (Å²) in [5.74, 6) is -0.631. The van der Waals surface area contributed by atoms with Gasteiger partial charge in [-0.3, -0.25) is 0 Å². The smallest absolute Gasteiger partial charge is 0.335 e. The Morgan fingerprint density at radius 1 is 1.30 bits per heavy atom. The first-order valence-electron chi connectivity index (χ1n) is 6.17. The molecule has 1 aromatic heterocycles. The number of nitro groups is 1. The topological polar surface area (TPSA) is 156 Å². The van der Waals surface area contributed by atoms with E-state index in [0.29, 0.717) is 17.1 Å². The molecule has 0 amide bonds. The van der Waals surface area contributed by atoms with Gasteiger partial charge in [0.05, 0.1) is 11.8 Å². The summed E-state index contributed by atoms with van der Waals surface area (Å²) >= 11 is 0. The van der Waals surface area contributed by atoms with Crippen LogP contribution < -0.4 is 11.2 Å². The van der Waals surface area contributed by atoms with E-state index in [0.717, 1.165) is 0 Å². The Labute approximate surface area is 129 Å². The van der Waals surface area contributed by atoms with Crippen LogP contribution in [0.2, 0.25) is 0 Å². The third-order valence-corrected chi connectivity index (χ3v) is 2.60. The van der Waals surface area contributed by atoms with Gasteiger partial charge in [-0.15, -0.1) is 5.10 Å². The second-order valence-electron chi connectivity index (χ2n) is 4.18. The van der Waals surface area contributed by atoms with Crippen LogP contribution in [0.3, 0.4) is 0 Å². The molecule has 0 aliphatic rings. The summed E-state index contributed by atoms with van der Waals surface area (Å²) < 4.78 is 5.47. The molecule has 0 fully saturated rings. The number of nitrogens with zero attached hydrogens (tertiary/aromatic N) is 3. The van der Waals surface area contributed by atoms with E-state index >= 15 is 0 Å². The van der Waals surface area contributed by atoms with Crippen molar-refractivity contribution in [2.45, 2.75) is 0 Å². The Morgan fingerprint density at radius 3 is 2.61 bits per heavy atom. The third-order valence-electron chi connectivity index (χ3n) is 2.60. The van der Waals surface area contributed by atoms with Gasteiger partial charge in [-0.25, -0.2) is 14.9 Å². The van der Waals surface area contributed by atoms with Gasteiger partial charge in [0.2, 0.25) is 0 Å². The molecule has 0 saturated heterocycles. The normalized spacial score (nSPS) is 11.6. The van der Waals surface area contributed by atoms with Crippen LogP contribution in [0.25, 0.3) is 11.3 Å². The van der Waals surface area contributed by atoms with Crippen LogP contribution in [0.4, 0.5) is 0 Å². The van der Waals surface area contributed by atoms with Crippen molar-refractivity contribution in [2.75, 3.05) is 0 Å². The molecule has 0 radical (unpaired) electrons. The minimum Gasteiger partial charge on any atom is -0.478 e. The number of nitrogens with two attached hydrogens (primary N) is 1. The quantitative estimate of drug-likeness (QED) is 0.322. The van der Waals surface area contributed by atoms with Crippen molar-refractivity contribution < 1.29 is 19.4 Å². The summed E-state index contributed by atoms with van der Waals surface area (Å²) in [5, 5.41) is 25.0. The van der Waals surface area contributed by atoms with Gasteiger partial charge < -0.3 is 15.3 Å². The molecule has 2 aromatic rings. The number of benzene rings is 1. The van der Waals surface area contributed by atoms with Gasteiger partial charge in [0, 0.05) is 5.56 Å². The molecule has 0 aliphatic carbocycles. The van der Waals surface area contributed by atoms with E-state index in [1.165, 1.54) is 18.3 Å². The molecule has 10 heteroatoms. The summed E-state index contributed by atoms with van der Waals surface area (Å²) in [6.07, 6.45) is 1.23. The monoisotopic (exact) mass is 317 g/mol. The number of aromatic carboxylic acids is 1. The summed E-state index contributed by atoms with van der Waals surface area (Å²) in [5.41, 5.74) is 7.67. The highest BCUT2D eigenvalue weighted by Gasteiger charge is 2.06. The van der Waals surface area contributed by atoms with Crippen LogP contribution in [-0.2, 0) is 0 Å². The zero-order chi connectivity index (χ0) is 16.8. The summed E-state index contributed by atoms with van der Waals surface area (Å²) in [6, 6.07) is 9.42. The van der Waals surface area contributed by atoms with Gasteiger partial charge in [0.15, 0.2) is 5.03 Å². The number of hydrogen-bond acceptors (Lipinski definition) is 6. The highest BCUT2D eigenvalue weighted by Crippen LogP contribution is 2.22. The predicted molar refractivity (Wildman–Crippen MR) is 80.4 cm³/mol. The number of carboxylic acid groups (broad SMARTS) is 1. The first kappa shape index (κ1) is 15.7. The van der Waals surface area contributed by atoms with Crippen molar-refractivity contribution >= 4 is 18.1 Å². The number of guanidine groups is 1. The fourth-order valence-corrected chi connectivity index (χ4v) is 1.62. The predicted octanol–water partition coefficient (Wildman–Crippen LogP) is 1.07. The lowest BCUT2D eigenvalue weighted by molar-refractivity contribution is -0.525. The third kappa shape index (κ3) is 4.39. The van der Waals surface area contributed by atoms with Crippen molar-refractivity contribution in [2.24, 2.45) is 15.9 Å². The molecule has 1 heterocycles. The molecule has 0 bridgehead atoms. The molecule has 118 valence electrons. The zero-order valence-corrected chi connectivity index (χ0v) is 11.5. The number of rotatable bonds is 5. The molecule has 10 nitrogen and oxygen atoms in total. The maximum atomic E-state index is 10.8. The fourth-order valence-electron chi connectivity index (χ4n) is 1.62. The van der Waals surface area contributed by atoms with Gasteiger partial charge in [-0.1, -0.05) is 17.6 Å². The Bertz CT molecular complexity index is 778. The van der Waals surface area contributed by atoms with Gasteiger partial charge in [0.1, 0.15) is 11.5 Å². The van der Waals surface area contributed by atoms with Crippen molar-refractivity contribution in [1.29, 1.82) is 0 Å². The Morgan fingerprint density at radius 2 is 2.00 bits per heavy atom. The average molecular weight is 317 g/mol. The minimum atomic E-state index is -1.01. The summed E-state index contributed by atoms with van der Waals surface area (Å²) in [4.78, 5) is 20.9. The van der Waals surface area contributed by atoms with Gasteiger partial charge in [0.25, 0.3) is 5.96 Å². The van der Waals surface area contributed by atoms with Crippen LogP contribution in [-0.4, -0.2) is 28.3 Å². The lowest BCUT2D eigenvalue weighted by atomic mass is 10.1. The molecule has 0 atom stereocenters. The number of furan rings is 1. The maximum absolute atomic E-state index is 10.8. The van der Waals surface area contributed by atoms with E-state index in [2.05, 4.69) is 10.2 Å². The molecule has 4 N–H and O–H groups in total. The van der Waals surface area contributed by atoms with E-state index in [9.17, 15) is 14.9 Å². The fraction of sp³-hybridized carbons (Fsp3) is 0. The Kier molecular flexibility index (Phi) is 4.67. The molecular formula is C13H11N5O5. The molecular weight excluding hydrogens is 306 g/mol. The molecule has 2 rings (SSSR count). The van der Waals surface area contributed by atoms with E-state index in [4.69, 9.17) is 15.3 Å². The average Bonchev–Trinajstić information content (AvgIpc) is 2.95. The maximum Gasteiger partial charge on any atom is 0.335 e. The first-order chi connectivity index (χ1) is 11.0. The van der Waals surface area contributed by atoms with Crippen LogP contribution in [0.5, 0.6) is 0 Å². The second-order valence-corrected chi connectivity index (χ2v) is 4.18. The van der Waals surface area contributed by atoms with Crippen molar-refractivity contribution in [1.82, 2.24) is 5.43 Å². The number of hydrazine groups is 1. The van der Waals surface area contributed by atoms with Crippen LogP contribution >= 0.6 is 0 Å². The van der Waals surface area contributed by atoms with Crippen molar-refractivity contribution in [3.05, 3.63) is 57.8 Å². The van der Waals surface area contributed by atoms with Crippen molar-refractivity contribution in [3.8, 4) is 11.3 Å². The van der Waals surface area contributed by atoms with Crippen molar-refractivity contribution in [3.63, 3.8) is 0 Å². The minimum absolute atomic E-state index is 0.171. The first-order valence-corrected chi connectivity index (χ1v) is 6.17. The highest BCUT2D eigenvalue weighted by atomic mass is 16.7. The number of hydrogen-bond donors (Lipinski definition) is 3. The van der Waals surface area contributed by atoms with Crippen LogP contribution in [0, 0.1) is 10.1 Å². The van der Waals surface area contributed by atoms with Crippen LogP contribution in [0.1, 0.15) is 16.1 Å². The van der Waals surface area contributed by atoms with Gasteiger partial charge >= 0.3 is 5.97 Å². The SMILES string of the molecule is NC(=N/N=C/c1ccc(-c2ccc(C(=O)O)cc2)o1)N[N+](=O)[O-]. The number of carbonyl (C=O) groups is 1. The number of carboxylic acids is 1. The zero-order valence-electron chi connectivity index (χ0n) is 11.5. The van der Waals surface area contributed by atoms with Gasteiger partial charge in [-0.2, -0.15) is 5.10 Å². The largest absolute Gasteiger partial charge is 0.478 e. The molecule has 0 saturated carbocycles. The van der Waals surface area contributed by atoms with E-state index in [1.54, 1.807) is 29.7 Å². The summed E-state index contributed by atoms with van der Waals surface area (Å²) in [7, 11) is 0. The second kappa shape index (κ2) is 6.85. The molecule has 0 spiro atoms. The standard InChI is InChI=1S/C13H11N5O5/c14-13(17-18(21)22)16-15-7-10-5-6-11(23-10)8-1-3-9(4-2-8)12(19)20/h1-7H,(H,19,20)(H3,14,16,17)/b15-7+. The summed E-state index contributed by atoms with van der Waals surface area (Å²) in [6.45, 7) is 0. The lowest BCUT2D eigenvalue weighted by Gasteiger charge is -1.98. The lowest BCUT2D eigenvalue weighted by Crippen LogP contribution is -2.35.